The molecule has 8 nitrogen and oxygen atoms in total. The molecule has 0 saturated carbocycles. The van der Waals surface area contributed by atoms with Crippen molar-refractivity contribution >= 4 is 11.7 Å². The van der Waals surface area contributed by atoms with E-state index in [9.17, 15) is 4.79 Å². The van der Waals surface area contributed by atoms with Gasteiger partial charge in [0.25, 0.3) is 5.91 Å². The summed E-state index contributed by atoms with van der Waals surface area (Å²) in [6, 6.07) is 3.69. The highest BCUT2D eigenvalue weighted by Gasteiger charge is 2.33. The highest BCUT2D eigenvalue weighted by Crippen LogP contribution is 2.34. The largest absolute Gasteiger partial charge is 0.375 e. The maximum atomic E-state index is 11.5. The fourth-order valence-corrected chi connectivity index (χ4v) is 3.30. The summed E-state index contributed by atoms with van der Waals surface area (Å²) in [5.41, 5.74) is 0.966. The molecule has 27 heavy (non-hydrogen) atoms. The molecule has 8 heteroatoms. The molecule has 1 atom stereocenters. The number of nitrogens with one attached hydrogen (secondary N) is 1. The Morgan fingerprint density at radius 3 is 2.89 bits per heavy atom. The summed E-state index contributed by atoms with van der Waals surface area (Å²) in [5.74, 6) is 1.37. The van der Waals surface area contributed by atoms with E-state index in [-0.39, 0.29) is 24.0 Å². The lowest BCUT2D eigenvalue weighted by Crippen LogP contribution is -2.32. The Balaban J connectivity index is 1.69. The van der Waals surface area contributed by atoms with Gasteiger partial charge >= 0.3 is 0 Å². The highest BCUT2D eigenvalue weighted by molar-refractivity contribution is 5.90. The number of ether oxygens (including phenoxy) is 1. The molecule has 3 rings (SSSR count). The summed E-state index contributed by atoms with van der Waals surface area (Å²) in [4.78, 5) is 22.8. The van der Waals surface area contributed by atoms with Gasteiger partial charge in [-0.2, -0.15) is 4.98 Å². The van der Waals surface area contributed by atoms with E-state index in [1.54, 1.807) is 12.3 Å². The van der Waals surface area contributed by atoms with E-state index in [2.05, 4.69) is 46.1 Å². The maximum Gasteiger partial charge on any atom is 0.251 e. The molecule has 0 aliphatic carbocycles. The monoisotopic (exact) mass is 373 g/mol. The summed E-state index contributed by atoms with van der Waals surface area (Å²) >= 11 is 0. The average molecular weight is 373 g/mol. The lowest BCUT2D eigenvalue weighted by atomic mass is 9.96. The molecule has 3 heterocycles. The molecule has 1 N–H and O–H groups in total. The van der Waals surface area contributed by atoms with Gasteiger partial charge in [-0.1, -0.05) is 25.9 Å². The number of methoxy groups -OCH3 is 1. The predicted molar refractivity (Wildman–Crippen MR) is 101 cm³/mol. The van der Waals surface area contributed by atoms with Gasteiger partial charge in [0.1, 0.15) is 12.4 Å². The smallest absolute Gasteiger partial charge is 0.251 e. The molecule has 1 aliphatic rings. The zero-order valence-electron chi connectivity index (χ0n) is 16.4. The van der Waals surface area contributed by atoms with Crippen molar-refractivity contribution in [1.82, 2.24) is 20.0 Å². The molecule has 1 saturated heterocycles. The molecular weight excluding hydrogens is 346 g/mol. The summed E-state index contributed by atoms with van der Waals surface area (Å²) in [6.45, 7) is 8.74. The quantitative estimate of drug-likeness (QED) is 0.832. The van der Waals surface area contributed by atoms with Crippen LogP contribution in [0.4, 0.5) is 5.82 Å². The topological polar surface area (TPSA) is 93.4 Å². The molecule has 1 fully saturated rings. The second-order valence-electron chi connectivity index (χ2n) is 8.06. The fraction of sp³-hybridized carbons (Fsp3) is 0.579. The Bertz CT molecular complexity index is 766. The number of hydrogen-bond donors (Lipinski definition) is 1. The number of carbonyl (C=O) groups excluding carboxylic acids is 1. The van der Waals surface area contributed by atoms with Crippen LogP contribution in [-0.2, 0) is 9.53 Å². The number of anilines is 1. The maximum absolute atomic E-state index is 11.5. The number of likely N-dealkylation sites (tertiary alicyclic amines) is 1. The summed E-state index contributed by atoms with van der Waals surface area (Å²) in [5, 5.41) is 6.77. The summed E-state index contributed by atoms with van der Waals surface area (Å²) < 4.78 is 10.3. The third-order valence-electron chi connectivity index (χ3n) is 4.33. The van der Waals surface area contributed by atoms with Crippen LogP contribution >= 0.6 is 0 Å². The number of rotatable bonds is 6. The number of hydrogen-bond acceptors (Lipinski definition) is 7. The molecule has 146 valence electrons. The molecular formula is C19H27N5O3. The van der Waals surface area contributed by atoms with Crippen LogP contribution in [-0.4, -0.2) is 52.7 Å². The van der Waals surface area contributed by atoms with E-state index >= 15 is 0 Å². The van der Waals surface area contributed by atoms with Gasteiger partial charge in [-0.05, 0) is 36.9 Å². The van der Waals surface area contributed by atoms with Crippen molar-refractivity contribution in [3.05, 3.63) is 24.2 Å². The van der Waals surface area contributed by atoms with Gasteiger partial charge in [-0.15, -0.1) is 0 Å². The number of nitrogens with zero attached hydrogens (tertiary/aromatic N) is 4. The predicted octanol–water partition coefficient (Wildman–Crippen LogP) is 2.90. The van der Waals surface area contributed by atoms with E-state index in [0.29, 0.717) is 17.5 Å². The van der Waals surface area contributed by atoms with Crippen LogP contribution in [0.3, 0.4) is 0 Å². The second kappa shape index (κ2) is 8.14. The van der Waals surface area contributed by atoms with Gasteiger partial charge in [0.2, 0.25) is 11.7 Å². The molecule has 0 bridgehead atoms. The van der Waals surface area contributed by atoms with Crippen LogP contribution in [0, 0.1) is 5.41 Å². The number of pyridine rings is 1. The van der Waals surface area contributed by atoms with Crippen molar-refractivity contribution < 1.29 is 14.1 Å². The van der Waals surface area contributed by atoms with Crippen molar-refractivity contribution in [1.29, 1.82) is 0 Å². The molecule has 1 amide bonds. The zero-order valence-corrected chi connectivity index (χ0v) is 16.4. The van der Waals surface area contributed by atoms with Crippen LogP contribution in [0.5, 0.6) is 0 Å². The molecule has 0 aromatic carbocycles. The van der Waals surface area contributed by atoms with Crippen molar-refractivity contribution in [3.8, 4) is 11.4 Å². The van der Waals surface area contributed by atoms with Crippen molar-refractivity contribution in [2.75, 3.05) is 32.1 Å². The Morgan fingerprint density at radius 2 is 2.22 bits per heavy atom. The van der Waals surface area contributed by atoms with E-state index in [0.717, 1.165) is 31.5 Å². The van der Waals surface area contributed by atoms with Gasteiger partial charge in [0, 0.05) is 25.4 Å². The summed E-state index contributed by atoms with van der Waals surface area (Å²) in [7, 11) is 1.47. The standard InChI is InChI=1S/C19H27N5O3/c1-19(2,3)12-24-9-5-6-14(24)18-22-17(23-27-18)13-7-8-15(20-10-13)21-16(25)11-26-4/h7-8,10,14H,5-6,9,11-12H2,1-4H3,(H,20,21,25)/t14-/m0/s1. The van der Waals surface area contributed by atoms with Crippen LogP contribution in [0.1, 0.15) is 45.5 Å². The minimum Gasteiger partial charge on any atom is -0.375 e. The van der Waals surface area contributed by atoms with Crippen molar-refractivity contribution in [2.24, 2.45) is 5.41 Å². The first-order valence-electron chi connectivity index (χ1n) is 9.18. The molecule has 0 radical (unpaired) electrons. The zero-order chi connectivity index (χ0) is 19.4. The van der Waals surface area contributed by atoms with Crippen molar-refractivity contribution in [2.45, 2.75) is 39.7 Å². The van der Waals surface area contributed by atoms with Gasteiger partial charge in [0.15, 0.2) is 0 Å². The number of amides is 1. The van der Waals surface area contributed by atoms with Crippen LogP contribution in [0.15, 0.2) is 22.9 Å². The van der Waals surface area contributed by atoms with E-state index < -0.39 is 0 Å². The van der Waals surface area contributed by atoms with Crippen molar-refractivity contribution in [3.63, 3.8) is 0 Å². The summed E-state index contributed by atoms with van der Waals surface area (Å²) in [6.07, 6.45) is 3.79. The minimum atomic E-state index is -0.250. The normalized spacial score (nSPS) is 18.0. The first kappa shape index (κ1) is 19.4. The fourth-order valence-electron chi connectivity index (χ4n) is 3.30. The van der Waals surface area contributed by atoms with Gasteiger partial charge in [-0.3, -0.25) is 9.69 Å². The first-order chi connectivity index (χ1) is 12.9. The Morgan fingerprint density at radius 1 is 1.41 bits per heavy atom. The number of carbonyl (C=O) groups is 1. The van der Waals surface area contributed by atoms with Crippen LogP contribution in [0.2, 0.25) is 0 Å². The number of aromatic nitrogens is 3. The third-order valence-corrected chi connectivity index (χ3v) is 4.33. The third kappa shape index (κ3) is 5.11. The molecule has 0 unspecified atom stereocenters. The highest BCUT2D eigenvalue weighted by atomic mass is 16.5. The first-order valence-corrected chi connectivity index (χ1v) is 9.18. The molecule has 2 aromatic heterocycles. The SMILES string of the molecule is COCC(=O)Nc1ccc(-c2noc([C@@H]3CCCN3CC(C)(C)C)n2)cn1. The van der Waals surface area contributed by atoms with E-state index in [4.69, 9.17) is 9.26 Å². The van der Waals surface area contributed by atoms with E-state index in [1.807, 2.05) is 6.07 Å². The van der Waals surface area contributed by atoms with Crippen LogP contribution < -0.4 is 5.32 Å². The van der Waals surface area contributed by atoms with Gasteiger partial charge in [-0.25, -0.2) is 4.98 Å². The minimum absolute atomic E-state index is 0.00983. The van der Waals surface area contributed by atoms with E-state index in [1.165, 1.54) is 7.11 Å². The Hall–Kier alpha value is -2.32. The Kier molecular flexibility index (Phi) is 5.86. The Labute approximate surface area is 159 Å². The molecule has 2 aromatic rings. The molecule has 0 spiro atoms. The van der Waals surface area contributed by atoms with Crippen LogP contribution in [0.25, 0.3) is 11.4 Å². The molecule has 1 aliphatic heterocycles. The lowest BCUT2D eigenvalue weighted by Gasteiger charge is -2.29. The van der Waals surface area contributed by atoms with Gasteiger partial charge in [0.05, 0.1) is 6.04 Å². The average Bonchev–Trinajstić information content (AvgIpc) is 3.23. The second-order valence-corrected chi connectivity index (χ2v) is 8.06. The van der Waals surface area contributed by atoms with Gasteiger partial charge < -0.3 is 14.6 Å². The lowest BCUT2D eigenvalue weighted by molar-refractivity contribution is -0.119.